The van der Waals surface area contributed by atoms with Crippen molar-refractivity contribution in [3.8, 4) is 11.5 Å². The monoisotopic (exact) mass is 328 g/mol. The number of hydrogen-bond donors (Lipinski definition) is 0. The third-order valence-corrected chi connectivity index (χ3v) is 4.55. The number of benzene rings is 3. The Morgan fingerprint density at radius 2 is 1.61 bits per heavy atom. The summed E-state index contributed by atoms with van der Waals surface area (Å²) < 4.78 is 34.8. The Hall–Kier alpha value is -2.53. The lowest BCUT2D eigenvalue weighted by atomic mass is 10.1. The minimum absolute atomic E-state index is 0.211. The standard InChI is InChI=1S/C18H16O4S/c1-21-17-8-4-5-14(11-17)13-23(19,20)22-18-10-9-15-6-2-3-7-16(15)12-18/h2-12H,13H2,1H3. The Labute approximate surface area is 135 Å². The van der Waals surface area contributed by atoms with E-state index in [-0.39, 0.29) is 5.75 Å². The molecular formula is C18H16O4S. The molecule has 0 spiro atoms. The number of hydrogen-bond acceptors (Lipinski definition) is 4. The number of methoxy groups -OCH3 is 1. The van der Waals surface area contributed by atoms with Crippen molar-refractivity contribution in [2.45, 2.75) is 5.75 Å². The topological polar surface area (TPSA) is 52.6 Å². The van der Waals surface area contributed by atoms with Crippen LogP contribution in [0.15, 0.2) is 66.7 Å². The van der Waals surface area contributed by atoms with Gasteiger partial charge in [-0.2, -0.15) is 8.42 Å². The van der Waals surface area contributed by atoms with Gasteiger partial charge in [0.2, 0.25) is 0 Å². The number of fused-ring (bicyclic) bond motifs is 1. The van der Waals surface area contributed by atoms with E-state index in [1.54, 1.807) is 43.5 Å². The molecule has 0 fully saturated rings. The first kappa shape index (κ1) is 15.4. The summed E-state index contributed by atoms with van der Waals surface area (Å²) in [6.45, 7) is 0. The van der Waals surface area contributed by atoms with E-state index in [1.807, 2.05) is 30.3 Å². The molecule has 118 valence electrons. The second-order valence-electron chi connectivity index (χ2n) is 5.15. The van der Waals surface area contributed by atoms with Gasteiger partial charge in [-0.15, -0.1) is 0 Å². The highest BCUT2D eigenvalue weighted by Gasteiger charge is 2.15. The van der Waals surface area contributed by atoms with Crippen LogP contribution >= 0.6 is 0 Å². The normalized spacial score (nSPS) is 11.3. The molecule has 0 aliphatic heterocycles. The van der Waals surface area contributed by atoms with Crippen LogP contribution in [0.3, 0.4) is 0 Å². The Morgan fingerprint density at radius 1 is 0.826 bits per heavy atom. The Morgan fingerprint density at radius 3 is 2.39 bits per heavy atom. The van der Waals surface area contributed by atoms with Crippen LogP contribution in [0.2, 0.25) is 0 Å². The molecule has 0 saturated heterocycles. The largest absolute Gasteiger partial charge is 0.497 e. The average Bonchev–Trinajstić information content (AvgIpc) is 2.54. The third kappa shape index (κ3) is 3.81. The summed E-state index contributed by atoms with van der Waals surface area (Å²) in [7, 11) is -2.20. The van der Waals surface area contributed by atoms with Crippen LogP contribution in [0.25, 0.3) is 10.8 Å². The molecule has 0 saturated carbocycles. The molecule has 23 heavy (non-hydrogen) atoms. The molecule has 3 aromatic rings. The Kier molecular flexibility index (Phi) is 4.21. The molecule has 4 nitrogen and oxygen atoms in total. The van der Waals surface area contributed by atoms with Gasteiger partial charge in [-0.05, 0) is 40.6 Å². The molecule has 0 aliphatic rings. The summed E-state index contributed by atoms with van der Waals surface area (Å²) >= 11 is 0. The summed E-state index contributed by atoms with van der Waals surface area (Å²) in [6.07, 6.45) is 0. The van der Waals surface area contributed by atoms with Crippen LogP contribution in [0, 0.1) is 0 Å². The fourth-order valence-electron chi connectivity index (χ4n) is 2.36. The summed E-state index contributed by atoms with van der Waals surface area (Å²) in [6, 6.07) is 19.8. The zero-order chi connectivity index (χ0) is 16.3. The van der Waals surface area contributed by atoms with Gasteiger partial charge in [-0.25, -0.2) is 0 Å². The molecule has 0 bridgehead atoms. The van der Waals surface area contributed by atoms with Gasteiger partial charge < -0.3 is 8.92 Å². The predicted octanol–water partition coefficient (Wildman–Crippen LogP) is 3.76. The summed E-state index contributed by atoms with van der Waals surface area (Å²) in [5, 5.41) is 1.96. The maximum absolute atomic E-state index is 12.2. The molecule has 0 aromatic heterocycles. The van der Waals surface area contributed by atoms with Gasteiger partial charge in [0.05, 0.1) is 7.11 Å². The van der Waals surface area contributed by atoms with Gasteiger partial charge in [-0.3, -0.25) is 0 Å². The quantitative estimate of drug-likeness (QED) is 0.669. The first-order chi connectivity index (χ1) is 11.1. The lowest BCUT2D eigenvalue weighted by molar-refractivity contribution is 0.414. The van der Waals surface area contributed by atoms with Gasteiger partial charge >= 0.3 is 10.1 Å². The molecule has 3 rings (SSSR count). The average molecular weight is 328 g/mol. The van der Waals surface area contributed by atoms with Gasteiger partial charge in [0.15, 0.2) is 0 Å². The molecule has 0 aliphatic carbocycles. The molecular weight excluding hydrogens is 312 g/mol. The fraction of sp³-hybridized carbons (Fsp3) is 0.111. The highest BCUT2D eigenvalue weighted by molar-refractivity contribution is 7.86. The van der Waals surface area contributed by atoms with E-state index in [4.69, 9.17) is 8.92 Å². The van der Waals surface area contributed by atoms with Crippen molar-refractivity contribution in [3.63, 3.8) is 0 Å². The maximum Gasteiger partial charge on any atom is 0.313 e. The van der Waals surface area contributed by atoms with Crippen molar-refractivity contribution in [2.75, 3.05) is 7.11 Å². The van der Waals surface area contributed by atoms with Crippen LogP contribution < -0.4 is 8.92 Å². The molecule has 0 N–H and O–H groups in total. The highest BCUT2D eigenvalue weighted by atomic mass is 32.2. The van der Waals surface area contributed by atoms with Crippen LogP contribution in [0.1, 0.15) is 5.56 Å². The van der Waals surface area contributed by atoms with E-state index in [0.29, 0.717) is 17.1 Å². The van der Waals surface area contributed by atoms with Crippen LogP contribution in [-0.2, 0) is 15.9 Å². The van der Waals surface area contributed by atoms with Crippen molar-refractivity contribution in [1.29, 1.82) is 0 Å². The minimum atomic E-state index is -3.74. The first-order valence-electron chi connectivity index (χ1n) is 7.10. The molecule has 0 radical (unpaired) electrons. The number of rotatable bonds is 5. The fourth-order valence-corrected chi connectivity index (χ4v) is 3.41. The molecule has 5 heteroatoms. The van der Waals surface area contributed by atoms with E-state index in [2.05, 4.69) is 0 Å². The van der Waals surface area contributed by atoms with Gasteiger partial charge in [-0.1, -0.05) is 42.5 Å². The van der Waals surface area contributed by atoms with Crippen molar-refractivity contribution < 1.29 is 17.3 Å². The van der Waals surface area contributed by atoms with E-state index < -0.39 is 10.1 Å². The number of ether oxygens (including phenoxy) is 1. The zero-order valence-electron chi connectivity index (χ0n) is 12.6. The van der Waals surface area contributed by atoms with Crippen molar-refractivity contribution in [3.05, 3.63) is 72.3 Å². The van der Waals surface area contributed by atoms with Crippen molar-refractivity contribution >= 4 is 20.9 Å². The van der Waals surface area contributed by atoms with Gasteiger partial charge in [0.1, 0.15) is 17.3 Å². The lowest BCUT2D eigenvalue weighted by Gasteiger charge is -2.09. The Bertz CT molecular complexity index is 932. The predicted molar refractivity (Wildman–Crippen MR) is 90.2 cm³/mol. The van der Waals surface area contributed by atoms with Crippen molar-refractivity contribution in [1.82, 2.24) is 0 Å². The highest BCUT2D eigenvalue weighted by Crippen LogP contribution is 2.23. The smallest absolute Gasteiger partial charge is 0.313 e. The Balaban J connectivity index is 1.81. The third-order valence-electron chi connectivity index (χ3n) is 3.42. The van der Waals surface area contributed by atoms with E-state index in [0.717, 1.165) is 10.8 Å². The van der Waals surface area contributed by atoms with Crippen molar-refractivity contribution in [2.24, 2.45) is 0 Å². The second kappa shape index (κ2) is 6.30. The summed E-state index contributed by atoms with van der Waals surface area (Å²) in [5.41, 5.74) is 0.616. The van der Waals surface area contributed by atoms with E-state index >= 15 is 0 Å². The molecule has 0 heterocycles. The second-order valence-corrected chi connectivity index (χ2v) is 6.72. The SMILES string of the molecule is COc1cccc(CS(=O)(=O)Oc2ccc3ccccc3c2)c1. The first-order valence-corrected chi connectivity index (χ1v) is 8.67. The summed E-state index contributed by atoms with van der Waals surface area (Å²) in [4.78, 5) is 0. The zero-order valence-corrected chi connectivity index (χ0v) is 13.4. The summed E-state index contributed by atoms with van der Waals surface area (Å²) in [5.74, 6) is 0.715. The molecule has 0 unspecified atom stereocenters. The molecule has 0 amide bonds. The molecule has 3 aromatic carbocycles. The lowest BCUT2D eigenvalue weighted by Crippen LogP contribution is -2.12. The van der Waals surface area contributed by atoms with Crippen LogP contribution in [-0.4, -0.2) is 15.5 Å². The van der Waals surface area contributed by atoms with Gasteiger partial charge in [0.25, 0.3) is 0 Å². The van der Waals surface area contributed by atoms with E-state index in [1.165, 1.54) is 0 Å². The van der Waals surface area contributed by atoms with Crippen LogP contribution in [0.5, 0.6) is 11.5 Å². The minimum Gasteiger partial charge on any atom is -0.497 e. The van der Waals surface area contributed by atoms with E-state index in [9.17, 15) is 8.42 Å². The van der Waals surface area contributed by atoms with Crippen LogP contribution in [0.4, 0.5) is 0 Å². The molecule has 0 atom stereocenters. The maximum atomic E-state index is 12.2. The van der Waals surface area contributed by atoms with Gasteiger partial charge in [0, 0.05) is 0 Å².